The fourth-order valence-corrected chi connectivity index (χ4v) is 3.28. The standard InChI is InChI=1S/C23H18F3N3O3/c1-13-3-9-20-18(11-13)29(2)21(30)17-12-16(8-10-19(17)32-20)28-22(31)27-15-6-4-14(5-7-15)23(24,25)26/h3-12H,1-2H3,(H2,27,28,31). The first kappa shape index (κ1) is 21.2. The molecule has 0 spiro atoms. The molecule has 1 heterocycles. The number of carbonyl (C=O) groups is 2. The molecule has 0 saturated heterocycles. The molecule has 0 bridgehead atoms. The van der Waals surface area contributed by atoms with Gasteiger partial charge in [0.05, 0.1) is 16.8 Å². The number of halogens is 3. The summed E-state index contributed by atoms with van der Waals surface area (Å²) in [4.78, 5) is 26.7. The number of nitrogens with one attached hydrogen (secondary N) is 2. The first-order valence-corrected chi connectivity index (χ1v) is 9.58. The van der Waals surface area contributed by atoms with E-state index >= 15 is 0 Å². The Balaban J connectivity index is 1.52. The Bertz CT molecular complexity index is 1210. The zero-order valence-corrected chi connectivity index (χ0v) is 17.1. The summed E-state index contributed by atoms with van der Waals surface area (Å²) >= 11 is 0. The van der Waals surface area contributed by atoms with Crippen LogP contribution in [0.25, 0.3) is 0 Å². The van der Waals surface area contributed by atoms with Crippen LogP contribution in [-0.4, -0.2) is 19.0 Å². The third-order valence-electron chi connectivity index (χ3n) is 4.94. The van der Waals surface area contributed by atoms with Gasteiger partial charge in [0.15, 0.2) is 5.75 Å². The molecule has 9 heteroatoms. The molecule has 0 atom stereocenters. The molecular weight excluding hydrogens is 423 g/mol. The topological polar surface area (TPSA) is 70.7 Å². The average Bonchev–Trinajstić information content (AvgIpc) is 2.83. The number of nitrogens with zero attached hydrogens (tertiary/aromatic N) is 1. The molecule has 3 aromatic carbocycles. The third-order valence-corrected chi connectivity index (χ3v) is 4.94. The minimum Gasteiger partial charge on any atom is -0.454 e. The molecule has 2 N–H and O–H groups in total. The molecule has 0 fully saturated rings. The Morgan fingerprint density at radius 3 is 2.22 bits per heavy atom. The van der Waals surface area contributed by atoms with Crippen molar-refractivity contribution in [1.29, 1.82) is 0 Å². The van der Waals surface area contributed by atoms with Crippen LogP contribution in [0.1, 0.15) is 21.5 Å². The largest absolute Gasteiger partial charge is 0.454 e. The van der Waals surface area contributed by atoms with Gasteiger partial charge in [0.25, 0.3) is 5.91 Å². The summed E-state index contributed by atoms with van der Waals surface area (Å²) in [6.45, 7) is 1.91. The summed E-state index contributed by atoms with van der Waals surface area (Å²) in [5, 5.41) is 5.03. The van der Waals surface area contributed by atoms with Crippen molar-refractivity contribution in [3.8, 4) is 11.5 Å². The zero-order valence-electron chi connectivity index (χ0n) is 17.1. The van der Waals surface area contributed by atoms with Gasteiger partial charge in [-0.05, 0) is 67.1 Å². The van der Waals surface area contributed by atoms with Gasteiger partial charge in [0.2, 0.25) is 0 Å². The van der Waals surface area contributed by atoms with E-state index in [4.69, 9.17) is 4.74 Å². The van der Waals surface area contributed by atoms with Crippen LogP contribution in [-0.2, 0) is 6.18 Å². The highest BCUT2D eigenvalue weighted by Gasteiger charge is 2.30. The van der Waals surface area contributed by atoms with E-state index < -0.39 is 17.8 Å². The lowest BCUT2D eigenvalue weighted by Gasteiger charge is -2.17. The van der Waals surface area contributed by atoms with Crippen LogP contribution in [0.15, 0.2) is 60.7 Å². The van der Waals surface area contributed by atoms with E-state index in [1.807, 2.05) is 19.1 Å². The number of anilines is 3. The number of carbonyl (C=O) groups excluding carboxylic acids is 2. The van der Waals surface area contributed by atoms with Crippen molar-refractivity contribution in [2.45, 2.75) is 13.1 Å². The number of ether oxygens (including phenoxy) is 1. The van der Waals surface area contributed by atoms with Crippen LogP contribution in [0, 0.1) is 6.92 Å². The fraction of sp³-hybridized carbons (Fsp3) is 0.130. The first-order chi connectivity index (χ1) is 15.1. The van der Waals surface area contributed by atoms with E-state index in [1.54, 1.807) is 25.2 Å². The molecule has 0 saturated carbocycles. The molecule has 164 valence electrons. The van der Waals surface area contributed by atoms with Gasteiger partial charge in [0.1, 0.15) is 5.75 Å². The number of hydrogen-bond acceptors (Lipinski definition) is 3. The molecule has 0 unspecified atom stereocenters. The summed E-state index contributed by atoms with van der Waals surface area (Å²) in [7, 11) is 1.64. The molecule has 32 heavy (non-hydrogen) atoms. The first-order valence-electron chi connectivity index (χ1n) is 9.58. The Kier molecular flexibility index (Phi) is 5.25. The number of urea groups is 1. The Labute approximate surface area is 181 Å². The van der Waals surface area contributed by atoms with Crippen LogP contribution in [0.2, 0.25) is 0 Å². The minimum absolute atomic E-state index is 0.190. The van der Waals surface area contributed by atoms with E-state index in [-0.39, 0.29) is 17.2 Å². The molecule has 0 aliphatic carbocycles. The highest BCUT2D eigenvalue weighted by Crippen LogP contribution is 2.39. The van der Waals surface area contributed by atoms with Crippen molar-refractivity contribution in [2.75, 3.05) is 22.6 Å². The van der Waals surface area contributed by atoms with Crippen LogP contribution in [0.4, 0.5) is 35.0 Å². The summed E-state index contributed by atoms with van der Waals surface area (Å²) in [5.74, 6) is 0.570. The molecule has 6 nitrogen and oxygen atoms in total. The van der Waals surface area contributed by atoms with Crippen LogP contribution >= 0.6 is 0 Å². The molecule has 1 aliphatic heterocycles. The summed E-state index contributed by atoms with van der Waals surface area (Å²) in [5.41, 5.74) is 1.55. The highest BCUT2D eigenvalue weighted by molar-refractivity contribution is 6.10. The maximum atomic E-state index is 13.0. The molecule has 0 aromatic heterocycles. The number of benzene rings is 3. The van der Waals surface area contributed by atoms with Gasteiger partial charge < -0.3 is 20.3 Å². The van der Waals surface area contributed by atoms with Gasteiger partial charge in [-0.15, -0.1) is 0 Å². The molecular formula is C23H18F3N3O3. The lowest BCUT2D eigenvalue weighted by atomic mass is 10.1. The van der Waals surface area contributed by atoms with Crippen molar-refractivity contribution >= 4 is 29.0 Å². The Morgan fingerprint density at radius 2 is 1.53 bits per heavy atom. The maximum Gasteiger partial charge on any atom is 0.416 e. The number of aryl methyl sites for hydroxylation is 1. The van der Waals surface area contributed by atoms with E-state index in [1.165, 1.54) is 11.0 Å². The van der Waals surface area contributed by atoms with Crippen LogP contribution in [0.5, 0.6) is 11.5 Å². The summed E-state index contributed by atoms with van der Waals surface area (Å²) in [6, 6.07) is 13.5. The molecule has 1 aliphatic rings. The van der Waals surface area contributed by atoms with Gasteiger partial charge >= 0.3 is 12.2 Å². The highest BCUT2D eigenvalue weighted by atomic mass is 19.4. The Hall–Kier alpha value is -4.01. The van der Waals surface area contributed by atoms with Gasteiger partial charge in [-0.3, -0.25) is 4.79 Å². The summed E-state index contributed by atoms with van der Waals surface area (Å²) in [6.07, 6.45) is -4.46. The van der Waals surface area contributed by atoms with Crippen molar-refractivity contribution in [3.05, 3.63) is 77.4 Å². The third kappa shape index (κ3) is 4.22. The van der Waals surface area contributed by atoms with E-state index in [2.05, 4.69) is 10.6 Å². The monoisotopic (exact) mass is 441 g/mol. The second kappa shape index (κ2) is 7.92. The molecule has 4 rings (SSSR count). The van der Waals surface area contributed by atoms with Crippen molar-refractivity contribution in [1.82, 2.24) is 0 Å². The fourth-order valence-electron chi connectivity index (χ4n) is 3.28. The predicted molar refractivity (Wildman–Crippen MR) is 115 cm³/mol. The van der Waals surface area contributed by atoms with Crippen molar-refractivity contribution in [2.24, 2.45) is 0 Å². The van der Waals surface area contributed by atoms with Crippen LogP contribution in [0.3, 0.4) is 0 Å². The number of rotatable bonds is 2. The summed E-state index contributed by atoms with van der Waals surface area (Å²) < 4.78 is 43.9. The number of hydrogen-bond donors (Lipinski definition) is 2. The smallest absolute Gasteiger partial charge is 0.416 e. The van der Waals surface area contributed by atoms with E-state index in [0.717, 1.165) is 29.8 Å². The maximum absolute atomic E-state index is 13.0. The molecule has 3 amide bonds. The van der Waals surface area contributed by atoms with Gasteiger partial charge in [0, 0.05) is 18.4 Å². The SMILES string of the molecule is Cc1ccc2c(c1)N(C)C(=O)c1cc(NC(=O)Nc3ccc(C(F)(F)F)cc3)ccc1O2. The average molecular weight is 441 g/mol. The van der Waals surface area contributed by atoms with Gasteiger partial charge in [-0.25, -0.2) is 4.79 Å². The lowest BCUT2D eigenvalue weighted by Crippen LogP contribution is -2.25. The molecule has 3 aromatic rings. The second-order valence-electron chi connectivity index (χ2n) is 7.30. The second-order valence-corrected chi connectivity index (χ2v) is 7.30. The normalized spacial score (nSPS) is 12.9. The Morgan fingerprint density at radius 1 is 0.906 bits per heavy atom. The van der Waals surface area contributed by atoms with Gasteiger partial charge in [-0.1, -0.05) is 6.07 Å². The van der Waals surface area contributed by atoms with Crippen molar-refractivity contribution < 1.29 is 27.5 Å². The number of fused-ring (bicyclic) bond motifs is 2. The van der Waals surface area contributed by atoms with E-state index in [0.29, 0.717) is 22.9 Å². The van der Waals surface area contributed by atoms with Crippen LogP contribution < -0.4 is 20.3 Å². The van der Waals surface area contributed by atoms with E-state index in [9.17, 15) is 22.8 Å². The van der Waals surface area contributed by atoms with Gasteiger partial charge in [-0.2, -0.15) is 13.2 Å². The predicted octanol–water partition coefficient (Wildman–Crippen LogP) is 6.04. The minimum atomic E-state index is -4.46. The quantitative estimate of drug-likeness (QED) is 0.509. The van der Waals surface area contributed by atoms with Crippen molar-refractivity contribution in [3.63, 3.8) is 0 Å². The number of alkyl halides is 3. The zero-order chi connectivity index (χ0) is 23.0. The molecule has 0 radical (unpaired) electrons. The lowest BCUT2D eigenvalue weighted by molar-refractivity contribution is -0.137. The number of amides is 3.